The number of fused-ring (bicyclic) bond motifs is 1. The Morgan fingerprint density at radius 1 is 1.45 bits per heavy atom. The molecule has 1 aliphatic rings. The zero-order valence-corrected chi connectivity index (χ0v) is 18.9. The number of rotatable bonds is 5. The highest BCUT2D eigenvalue weighted by molar-refractivity contribution is 7.80. The van der Waals surface area contributed by atoms with Gasteiger partial charge in [0.25, 0.3) is 5.91 Å². The summed E-state index contributed by atoms with van der Waals surface area (Å²) in [4.78, 5) is 26.3. The van der Waals surface area contributed by atoms with Gasteiger partial charge in [0.1, 0.15) is 10.7 Å². The minimum absolute atomic E-state index is 0.0899. The lowest BCUT2D eigenvalue weighted by molar-refractivity contribution is 0.0526. The largest absolute Gasteiger partial charge is 0.462 e. The number of esters is 1. The molecule has 1 amide bonds. The van der Waals surface area contributed by atoms with Crippen molar-refractivity contribution >= 4 is 57.1 Å². The number of carbonyl (C=O) groups excluding carboxylic acids is 2. The predicted octanol–water partition coefficient (Wildman–Crippen LogP) is 4.05. The van der Waals surface area contributed by atoms with E-state index in [4.69, 9.17) is 28.6 Å². The lowest BCUT2D eigenvalue weighted by Crippen LogP contribution is -2.35. The third-order valence-electron chi connectivity index (χ3n) is 4.75. The fourth-order valence-corrected chi connectivity index (χ4v) is 5.27. The van der Waals surface area contributed by atoms with Crippen molar-refractivity contribution in [1.29, 1.82) is 0 Å². The minimum atomic E-state index is -0.459. The molecule has 0 bridgehead atoms. The maximum absolute atomic E-state index is 12.6. The molecule has 2 aromatic rings. The molecule has 0 saturated carbocycles. The normalized spacial score (nSPS) is 15.5. The fraction of sp³-hybridized carbons (Fsp3) is 0.474. The number of aryl methyl sites for hydroxylation is 1. The first kappa shape index (κ1) is 21.7. The summed E-state index contributed by atoms with van der Waals surface area (Å²) in [6, 6.07) is 0. The van der Waals surface area contributed by atoms with Crippen molar-refractivity contribution in [2.75, 3.05) is 11.9 Å². The van der Waals surface area contributed by atoms with Crippen molar-refractivity contribution in [2.45, 2.75) is 46.6 Å². The smallest absolute Gasteiger partial charge is 0.341 e. The highest BCUT2D eigenvalue weighted by Gasteiger charge is 2.29. The number of hydrogen-bond acceptors (Lipinski definition) is 6. The maximum Gasteiger partial charge on any atom is 0.341 e. The van der Waals surface area contributed by atoms with Gasteiger partial charge in [-0.1, -0.05) is 18.5 Å². The van der Waals surface area contributed by atoms with Crippen LogP contribution in [0.25, 0.3) is 0 Å². The second kappa shape index (κ2) is 9.23. The van der Waals surface area contributed by atoms with Gasteiger partial charge in [0, 0.05) is 11.4 Å². The average Bonchev–Trinajstić information content (AvgIpc) is 3.20. The van der Waals surface area contributed by atoms with Crippen LogP contribution in [0.5, 0.6) is 0 Å². The van der Waals surface area contributed by atoms with Crippen molar-refractivity contribution in [3.8, 4) is 0 Å². The fourth-order valence-electron chi connectivity index (χ4n) is 3.38. The number of hydrogen-bond donors (Lipinski definition) is 2. The third kappa shape index (κ3) is 4.62. The van der Waals surface area contributed by atoms with Gasteiger partial charge in [-0.05, 0) is 56.8 Å². The molecular formula is C19H23ClN4O3S2. The Balaban J connectivity index is 1.82. The molecule has 0 spiro atoms. The van der Waals surface area contributed by atoms with Crippen LogP contribution in [0.1, 0.15) is 58.5 Å². The van der Waals surface area contributed by atoms with Crippen LogP contribution in [0.3, 0.4) is 0 Å². The Bertz CT molecular complexity index is 954. The lowest BCUT2D eigenvalue weighted by Gasteiger charge is -2.18. The summed E-state index contributed by atoms with van der Waals surface area (Å²) >= 11 is 12.9. The number of thiocarbonyl (C=S) groups is 1. The second-order valence-electron chi connectivity index (χ2n) is 6.84. The first-order valence-corrected chi connectivity index (χ1v) is 11.1. The standard InChI is InChI=1S/C19H23ClN4O3S2/c1-4-24-15(12(20)9-21-24)16(25)22-19(28)23-17-14(18(26)27-5-2)11-7-6-10(3)8-13(11)29-17/h9-10H,4-8H2,1-3H3,(H2,22,23,25,28)/t10-/m1/s1. The monoisotopic (exact) mass is 454 g/mol. The number of amides is 1. The van der Waals surface area contributed by atoms with E-state index in [-0.39, 0.29) is 21.8 Å². The van der Waals surface area contributed by atoms with Crippen LogP contribution >= 0.6 is 35.2 Å². The molecule has 0 aromatic carbocycles. The quantitative estimate of drug-likeness (QED) is 0.523. The zero-order chi connectivity index (χ0) is 21.1. The topological polar surface area (TPSA) is 85.2 Å². The summed E-state index contributed by atoms with van der Waals surface area (Å²) in [5.74, 6) is -0.269. The molecule has 2 aromatic heterocycles. The Labute approximate surface area is 183 Å². The second-order valence-corrected chi connectivity index (χ2v) is 8.76. The van der Waals surface area contributed by atoms with Crippen molar-refractivity contribution in [3.63, 3.8) is 0 Å². The number of ether oxygens (including phenoxy) is 1. The molecular weight excluding hydrogens is 432 g/mol. The minimum Gasteiger partial charge on any atom is -0.462 e. The highest BCUT2D eigenvalue weighted by Crippen LogP contribution is 2.40. The summed E-state index contributed by atoms with van der Waals surface area (Å²) in [5, 5.41) is 10.6. The van der Waals surface area contributed by atoms with Gasteiger partial charge in [-0.3, -0.25) is 14.8 Å². The molecule has 0 saturated heterocycles. The molecule has 0 aliphatic heterocycles. The van der Waals surface area contributed by atoms with E-state index in [1.165, 1.54) is 22.2 Å². The van der Waals surface area contributed by atoms with Gasteiger partial charge in [-0.15, -0.1) is 11.3 Å². The Kier molecular flexibility index (Phi) is 6.92. The molecule has 29 heavy (non-hydrogen) atoms. The van der Waals surface area contributed by atoms with Crippen LogP contribution in [-0.4, -0.2) is 33.4 Å². The molecule has 1 atom stereocenters. The van der Waals surface area contributed by atoms with Gasteiger partial charge in [0.15, 0.2) is 5.11 Å². The lowest BCUT2D eigenvalue weighted by atomic mass is 9.88. The molecule has 10 heteroatoms. The number of halogens is 1. The number of aromatic nitrogens is 2. The van der Waals surface area contributed by atoms with Crippen molar-refractivity contribution in [3.05, 3.63) is 32.9 Å². The van der Waals surface area contributed by atoms with Gasteiger partial charge in [-0.2, -0.15) is 5.10 Å². The molecule has 1 aliphatic carbocycles. The van der Waals surface area contributed by atoms with E-state index in [0.717, 1.165) is 29.7 Å². The molecule has 3 rings (SSSR count). The van der Waals surface area contributed by atoms with E-state index in [2.05, 4.69) is 22.7 Å². The summed E-state index contributed by atoms with van der Waals surface area (Å²) in [6.07, 6.45) is 4.19. The van der Waals surface area contributed by atoms with Crippen molar-refractivity contribution in [2.24, 2.45) is 5.92 Å². The van der Waals surface area contributed by atoms with Gasteiger partial charge in [0.05, 0.1) is 23.4 Å². The van der Waals surface area contributed by atoms with Crippen LogP contribution in [0, 0.1) is 5.92 Å². The third-order valence-corrected chi connectivity index (χ3v) is 6.41. The van der Waals surface area contributed by atoms with E-state index in [9.17, 15) is 9.59 Å². The predicted molar refractivity (Wildman–Crippen MR) is 118 cm³/mol. The maximum atomic E-state index is 12.6. The molecule has 0 radical (unpaired) electrons. The summed E-state index contributed by atoms with van der Waals surface area (Å²) < 4.78 is 6.75. The summed E-state index contributed by atoms with van der Waals surface area (Å²) in [7, 11) is 0. The number of anilines is 1. The van der Waals surface area contributed by atoms with Gasteiger partial charge < -0.3 is 10.1 Å². The zero-order valence-electron chi connectivity index (χ0n) is 16.5. The SMILES string of the molecule is CCOC(=O)c1c(NC(=S)NC(=O)c2c(Cl)cnn2CC)sc2c1CC[C@@H](C)C2. The van der Waals surface area contributed by atoms with Crippen LogP contribution in [0.4, 0.5) is 5.00 Å². The van der Waals surface area contributed by atoms with Crippen LogP contribution in [-0.2, 0) is 24.1 Å². The van der Waals surface area contributed by atoms with Crippen LogP contribution in [0.2, 0.25) is 5.02 Å². The van der Waals surface area contributed by atoms with E-state index < -0.39 is 5.91 Å². The first-order valence-electron chi connectivity index (χ1n) is 9.50. The van der Waals surface area contributed by atoms with Gasteiger partial charge in [-0.25, -0.2) is 4.79 Å². The Hall–Kier alpha value is -1.97. The highest BCUT2D eigenvalue weighted by atomic mass is 35.5. The average molecular weight is 455 g/mol. The molecule has 7 nitrogen and oxygen atoms in total. The molecule has 0 unspecified atom stereocenters. The first-order chi connectivity index (χ1) is 13.8. The van der Waals surface area contributed by atoms with Crippen molar-refractivity contribution in [1.82, 2.24) is 15.1 Å². The Morgan fingerprint density at radius 2 is 2.21 bits per heavy atom. The van der Waals surface area contributed by atoms with E-state index in [1.54, 1.807) is 6.92 Å². The van der Waals surface area contributed by atoms with Crippen LogP contribution in [0.15, 0.2) is 6.20 Å². The molecule has 2 heterocycles. The van der Waals surface area contributed by atoms with Crippen LogP contribution < -0.4 is 10.6 Å². The molecule has 0 fully saturated rings. The van der Waals surface area contributed by atoms with Gasteiger partial charge in [0.2, 0.25) is 0 Å². The molecule has 2 N–H and O–H groups in total. The Morgan fingerprint density at radius 3 is 2.90 bits per heavy atom. The number of nitrogens with one attached hydrogen (secondary N) is 2. The molecule has 156 valence electrons. The van der Waals surface area contributed by atoms with Crippen molar-refractivity contribution < 1.29 is 14.3 Å². The summed E-state index contributed by atoms with van der Waals surface area (Å²) in [6.45, 7) is 6.63. The number of carbonyl (C=O) groups is 2. The number of nitrogens with zero attached hydrogens (tertiary/aromatic N) is 2. The van der Waals surface area contributed by atoms with E-state index in [1.807, 2.05) is 6.92 Å². The van der Waals surface area contributed by atoms with Gasteiger partial charge >= 0.3 is 5.97 Å². The number of thiophene rings is 1. The van der Waals surface area contributed by atoms with E-state index >= 15 is 0 Å². The summed E-state index contributed by atoms with van der Waals surface area (Å²) in [5.41, 5.74) is 1.78. The van der Waals surface area contributed by atoms with E-state index in [0.29, 0.717) is 29.6 Å².